The molecule has 5 atom stereocenters. The number of fused-ring (bicyclic) bond motifs is 2. The van der Waals surface area contributed by atoms with Gasteiger partial charge in [0.15, 0.2) is 5.66 Å². The van der Waals surface area contributed by atoms with Crippen LogP contribution in [0.15, 0.2) is 66.7 Å². The predicted molar refractivity (Wildman–Crippen MR) is 188 cm³/mol. The zero-order valence-corrected chi connectivity index (χ0v) is 29.0. The van der Waals surface area contributed by atoms with Crippen molar-refractivity contribution in [2.75, 3.05) is 13.1 Å². The van der Waals surface area contributed by atoms with Gasteiger partial charge in [-0.1, -0.05) is 73.9 Å². The number of benzene rings is 2. The average molecular weight is 671 g/mol. The van der Waals surface area contributed by atoms with Gasteiger partial charge < -0.3 is 21.5 Å². The number of amides is 5. The summed E-state index contributed by atoms with van der Waals surface area (Å²) in [6.45, 7) is 7.73. The van der Waals surface area contributed by atoms with Gasteiger partial charge in [0.25, 0.3) is 11.8 Å². The van der Waals surface area contributed by atoms with E-state index in [2.05, 4.69) is 15.6 Å². The van der Waals surface area contributed by atoms with Gasteiger partial charge in [-0.15, -0.1) is 0 Å². The van der Waals surface area contributed by atoms with Gasteiger partial charge in [0.1, 0.15) is 5.69 Å². The number of piperidine rings is 1. The lowest BCUT2D eigenvalue weighted by molar-refractivity contribution is -0.153. The van der Waals surface area contributed by atoms with Crippen molar-refractivity contribution in [2.24, 2.45) is 17.6 Å². The molecule has 1 aliphatic carbocycles. The predicted octanol–water partition coefficient (Wildman–Crippen LogP) is 4.38. The van der Waals surface area contributed by atoms with Gasteiger partial charge >= 0.3 is 6.03 Å². The zero-order valence-electron chi connectivity index (χ0n) is 29.0. The van der Waals surface area contributed by atoms with Gasteiger partial charge in [-0.05, 0) is 76.5 Å². The zero-order chi connectivity index (χ0) is 35.3. The van der Waals surface area contributed by atoms with Crippen LogP contribution >= 0.6 is 0 Å². The molecule has 1 saturated heterocycles. The maximum absolute atomic E-state index is 15.5. The first-order chi connectivity index (χ1) is 23.3. The van der Waals surface area contributed by atoms with Crippen molar-refractivity contribution in [1.82, 2.24) is 25.4 Å². The Balaban J connectivity index is 1.65. The molecule has 3 aromatic rings. The minimum atomic E-state index is -2.04. The molecule has 0 radical (unpaired) electrons. The van der Waals surface area contributed by atoms with Crippen LogP contribution in [0.1, 0.15) is 82.3 Å². The molecule has 5 amide bonds. The number of aromatic nitrogens is 1. The van der Waals surface area contributed by atoms with E-state index in [1.165, 1.54) is 6.92 Å². The minimum absolute atomic E-state index is 0.0509. The molecule has 2 heterocycles. The summed E-state index contributed by atoms with van der Waals surface area (Å²) in [4.78, 5) is 64.5. The third-order valence-electron chi connectivity index (χ3n) is 9.86. The van der Waals surface area contributed by atoms with Crippen molar-refractivity contribution in [1.29, 1.82) is 0 Å². The van der Waals surface area contributed by atoms with Crippen LogP contribution in [0, 0.1) is 11.8 Å². The Morgan fingerprint density at radius 2 is 1.61 bits per heavy atom. The summed E-state index contributed by atoms with van der Waals surface area (Å²) in [5, 5.41) is 17.9. The second-order valence-electron chi connectivity index (χ2n) is 14.7. The second kappa shape index (κ2) is 15.0. The number of hydrogen-bond acceptors (Lipinski definition) is 7. The first kappa shape index (κ1) is 35.9. The number of urea groups is 1. The number of para-hydroxylation sites is 1. The maximum Gasteiger partial charge on any atom is 0.324 e. The minimum Gasteiger partial charge on any atom is -0.391 e. The molecule has 49 heavy (non-hydrogen) atoms. The number of nitrogens with one attached hydrogen (secondary N) is 2. The summed E-state index contributed by atoms with van der Waals surface area (Å²) >= 11 is 0. The van der Waals surface area contributed by atoms with Crippen LogP contribution in [0.3, 0.4) is 0 Å². The Morgan fingerprint density at radius 1 is 0.939 bits per heavy atom. The number of primary amides is 1. The fraction of sp³-hybridized carbons (Fsp3) is 0.500. The summed E-state index contributed by atoms with van der Waals surface area (Å²) in [5.74, 6) is -1.63. The van der Waals surface area contributed by atoms with Crippen molar-refractivity contribution in [2.45, 2.75) is 96.0 Å². The van der Waals surface area contributed by atoms with Crippen molar-refractivity contribution in [3.8, 4) is 0 Å². The van der Waals surface area contributed by atoms with Crippen LogP contribution in [0.25, 0.3) is 10.9 Å². The number of aliphatic hydroxyl groups is 1. The van der Waals surface area contributed by atoms with E-state index in [0.717, 1.165) is 48.0 Å². The van der Waals surface area contributed by atoms with Crippen LogP contribution in [0.2, 0.25) is 0 Å². The molecule has 11 heteroatoms. The number of likely N-dealkylation sites (tertiary alicyclic amines) is 1. The largest absolute Gasteiger partial charge is 0.391 e. The SMILES string of the molecule is CC(O)C(Cc1ccccc1)N(C(=O)NC(C)(C)C)C(=O)C(CC(N)=O)(NC(=O)c1ccc2ccccc2n1)N1CCC2CCCCC2C1. The lowest BCUT2D eigenvalue weighted by atomic mass is 9.74. The number of nitrogens with two attached hydrogens (primary N) is 1. The van der Waals surface area contributed by atoms with Gasteiger partial charge in [-0.3, -0.25) is 24.2 Å². The molecular formula is C38H50N6O5. The van der Waals surface area contributed by atoms with Gasteiger partial charge in [-0.2, -0.15) is 0 Å². The summed E-state index contributed by atoms with van der Waals surface area (Å²) in [5.41, 5.74) is 4.57. The van der Waals surface area contributed by atoms with E-state index in [1.807, 2.05) is 53.4 Å². The number of pyridine rings is 1. The molecule has 5 rings (SSSR count). The Labute approximate surface area is 288 Å². The molecule has 5 N–H and O–H groups in total. The highest BCUT2D eigenvalue weighted by atomic mass is 16.3. The number of hydrogen-bond donors (Lipinski definition) is 4. The number of carbonyl (C=O) groups excluding carboxylic acids is 4. The monoisotopic (exact) mass is 670 g/mol. The average Bonchev–Trinajstić information content (AvgIpc) is 3.06. The van der Waals surface area contributed by atoms with Gasteiger partial charge in [0.05, 0.1) is 24.1 Å². The quantitative estimate of drug-likeness (QED) is 0.249. The number of carbonyl (C=O) groups is 4. The Morgan fingerprint density at radius 3 is 2.29 bits per heavy atom. The van der Waals surface area contributed by atoms with Gasteiger partial charge in [0.2, 0.25) is 5.91 Å². The van der Waals surface area contributed by atoms with E-state index >= 15 is 4.79 Å². The van der Waals surface area contributed by atoms with E-state index in [1.54, 1.807) is 39.0 Å². The summed E-state index contributed by atoms with van der Waals surface area (Å²) in [6, 6.07) is 18.2. The molecule has 5 unspecified atom stereocenters. The van der Waals surface area contributed by atoms with Gasteiger partial charge in [0, 0.05) is 24.0 Å². The lowest BCUT2D eigenvalue weighted by Crippen LogP contribution is -2.74. The van der Waals surface area contributed by atoms with Crippen molar-refractivity contribution in [3.05, 3.63) is 78.0 Å². The molecule has 1 saturated carbocycles. The molecule has 1 aromatic heterocycles. The first-order valence-corrected chi connectivity index (χ1v) is 17.4. The van der Waals surface area contributed by atoms with Crippen LogP contribution in [-0.4, -0.2) is 80.1 Å². The third kappa shape index (κ3) is 8.45. The standard InChI is InChI=1S/C38H50N6O5/c1-25(45)32(22-26-12-6-5-7-13-26)44(36(49)42-37(2,3)4)35(48)38(23-33(39)46,43-21-20-27-14-8-9-16-29(27)24-43)41-34(47)31-19-18-28-15-10-11-17-30(28)40-31/h5-7,10-13,15,17-19,25,27,29,32,45H,8-9,14,16,20-24H2,1-4H3,(H2,39,46)(H,41,47)(H,42,49). The molecular weight excluding hydrogens is 620 g/mol. The highest BCUT2D eigenvalue weighted by molar-refractivity contribution is 6.05. The number of imide groups is 1. The summed E-state index contributed by atoms with van der Waals surface area (Å²) in [7, 11) is 0. The number of aliphatic hydroxyl groups excluding tert-OH is 1. The third-order valence-corrected chi connectivity index (χ3v) is 9.86. The topological polar surface area (TPSA) is 158 Å². The van der Waals surface area contributed by atoms with Crippen molar-refractivity contribution in [3.63, 3.8) is 0 Å². The molecule has 2 fully saturated rings. The Kier molecular flexibility index (Phi) is 11.0. The van der Waals surface area contributed by atoms with Crippen LogP contribution < -0.4 is 16.4 Å². The van der Waals surface area contributed by atoms with E-state index in [-0.39, 0.29) is 18.0 Å². The van der Waals surface area contributed by atoms with Crippen molar-refractivity contribution < 1.29 is 24.3 Å². The highest BCUT2D eigenvalue weighted by Crippen LogP contribution is 2.39. The molecule has 0 bridgehead atoms. The lowest BCUT2D eigenvalue weighted by Gasteiger charge is -2.51. The number of nitrogens with zero attached hydrogens (tertiary/aromatic N) is 3. The molecule has 1 aliphatic heterocycles. The number of rotatable bonds is 10. The van der Waals surface area contributed by atoms with Gasteiger partial charge in [-0.25, -0.2) is 9.78 Å². The van der Waals surface area contributed by atoms with E-state index < -0.39 is 53.5 Å². The normalized spacial score (nSPS) is 20.7. The fourth-order valence-corrected chi connectivity index (χ4v) is 7.45. The molecule has 2 aromatic carbocycles. The van der Waals surface area contributed by atoms with Crippen LogP contribution in [0.5, 0.6) is 0 Å². The fourth-order valence-electron chi connectivity index (χ4n) is 7.45. The van der Waals surface area contributed by atoms with E-state index in [4.69, 9.17) is 5.73 Å². The molecule has 2 aliphatic rings. The molecule has 11 nitrogen and oxygen atoms in total. The highest BCUT2D eigenvalue weighted by Gasteiger charge is 2.54. The first-order valence-electron chi connectivity index (χ1n) is 17.4. The van der Waals surface area contributed by atoms with Crippen LogP contribution in [-0.2, 0) is 16.0 Å². The Hall–Kier alpha value is -4.35. The molecule has 0 spiro atoms. The maximum atomic E-state index is 15.5. The Bertz CT molecular complexity index is 1660. The second-order valence-corrected chi connectivity index (χ2v) is 14.7. The summed E-state index contributed by atoms with van der Waals surface area (Å²) in [6.07, 6.45) is 3.40. The summed E-state index contributed by atoms with van der Waals surface area (Å²) < 4.78 is 0. The van der Waals surface area contributed by atoms with E-state index in [0.29, 0.717) is 24.5 Å². The van der Waals surface area contributed by atoms with Crippen molar-refractivity contribution >= 4 is 34.7 Å². The van der Waals surface area contributed by atoms with E-state index in [9.17, 15) is 19.5 Å². The smallest absolute Gasteiger partial charge is 0.324 e. The van der Waals surface area contributed by atoms with Crippen LogP contribution in [0.4, 0.5) is 4.79 Å². The molecule has 262 valence electrons.